The van der Waals surface area contributed by atoms with Crippen LogP contribution in [0.3, 0.4) is 0 Å². The van der Waals surface area contributed by atoms with Gasteiger partial charge in [-0.3, -0.25) is 4.79 Å². The van der Waals surface area contributed by atoms with Gasteiger partial charge >= 0.3 is 0 Å². The quantitative estimate of drug-likeness (QED) is 0.838. The Morgan fingerprint density at radius 2 is 1.65 bits per heavy atom. The van der Waals surface area contributed by atoms with Crippen LogP contribution in [-0.2, 0) is 9.84 Å². The van der Waals surface area contributed by atoms with Gasteiger partial charge in [0.2, 0.25) is 0 Å². The molecule has 0 aliphatic heterocycles. The predicted molar refractivity (Wildman–Crippen MR) is 94.2 cm³/mol. The van der Waals surface area contributed by atoms with Crippen molar-refractivity contribution in [2.45, 2.75) is 24.3 Å². The van der Waals surface area contributed by atoms with Crippen molar-refractivity contribution in [1.82, 2.24) is 5.32 Å². The lowest BCUT2D eigenvalue weighted by Crippen LogP contribution is -2.28. The molecule has 0 saturated carbocycles. The smallest absolute Gasteiger partial charge is 0.251 e. The summed E-state index contributed by atoms with van der Waals surface area (Å²) in [7, 11) is -3.21. The summed E-state index contributed by atoms with van der Waals surface area (Å²) in [6.07, 6.45) is 1.88. The average molecular weight is 396 g/mol. The fourth-order valence-corrected chi connectivity index (χ4v) is 3.11. The molecule has 1 amide bonds. The van der Waals surface area contributed by atoms with E-state index in [4.69, 9.17) is 0 Å². The normalized spacial score (nSPS) is 12.7. The summed E-state index contributed by atoms with van der Waals surface area (Å²) in [6, 6.07) is 13.6. The molecule has 1 atom stereocenters. The van der Waals surface area contributed by atoms with Gasteiger partial charge in [0.05, 0.1) is 10.9 Å². The van der Waals surface area contributed by atoms with Gasteiger partial charge in [0.15, 0.2) is 9.84 Å². The zero-order valence-electron chi connectivity index (χ0n) is 12.9. The summed E-state index contributed by atoms with van der Waals surface area (Å²) >= 11 is 3.34. The molecule has 0 spiro atoms. The third-order valence-electron chi connectivity index (χ3n) is 3.53. The van der Waals surface area contributed by atoms with E-state index in [0.717, 1.165) is 10.0 Å². The summed E-state index contributed by atoms with van der Waals surface area (Å²) in [5, 5.41) is 2.97. The number of carbonyl (C=O) groups is 1. The van der Waals surface area contributed by atoms with Crippen molar-refractivity contribution in [2.75, 3.05) is 6.26 Å². The summed E-state index contributed by atoms with van der Waals surface area (Å²) in [6.45, 7) is 1.97. The Balaban J connectivity index is 2.16. The van der Waals surface area contributed by atoms with Crippen LogP contribution in [0.25, 0.3) is 0 Å². The minimum absolute atomic E-state index is 0.156. The van der Waals surface area contributed by atoms with Crippen molar-refractivity contribution < 1.29 is 13.2 Å². The number of carbonyl (C=O) groups excluding carboxylic acids is 1. The zero-order valence-corrected chi connectivity index (χ0v) is 15.3. The Morgan fingerprint density at radius 1 is 1.09 bits per heavy atom. The Labute approximate surface area is 145 Å². The van der Waals surface area contributed by atoms with E-state index in [2.05, 4.69) is 21.2 Å². The molecule has 0 saturated heterocycles. The molecule has 122 valence electrons. The lowest BCUT2D eigenvalue weighted by molar-refractivity contribution is 0.0935. The Bertz CT molecular complexity index is 784. The number of halogens is 1. The van der Waals surface area contributed by atoms with Crippen LogP contribution in [0.1, 0.15) is 35.3 Å². The Kier molecular flexibility index (Phi) is 5.59. The van der Waals surface area contributed by atoms with Crippen LogP contribution in [-0.4, -0.2) is 20.6 Å². The summed E-state index contributed by atoms with van der Waals surface area (Å²) in [4.78, 5) is 12.6. The maximum Gasteiger partial charge on any atom is 0.251 e. The molecule has 1 N–H and O–H groups in total. The first-order valence-electron chi connectivity index (χ1n) is 7.17. The monoisotopic (exact) mass is 395 g/mol. The molecule has 2 rings (SSSR count). The second-order valence-corrected chi connectivity index (χ2v) is 8.21. The number of amides is 1. The van der Waals surface area contributed by atoms with Crippen LogP contribution in [0, 0.1) is 0 Å². The van der Waals surface area contributed by atoms with E-state index in [1.54, 1.807) is 36.4 Å². The molecule has 0 heterocycles. The maximum absolute atomic E-state index is 12.3. The van der Waals surface area contributed by atoms with E-state index in [1.165, 1.54) is 6.26 Å². The molecule has 0 aliphatic rings. The van der Waals surface area contributed by atoms with E-state index in [0.29, 0.717) is 12.0 Å². The first-order chi connectivity index (χ1) is 10.8. The Hall–Kier alpha value is -1.66. The fourth-order valence-electron chi connectivity index (χ4n) is 2.21. The third kappa shape index (κ3) is 4.65. The van der Waals surface area contributed by atoms with Crippen molar-refractivity contribution >= 4 is 31.7 Å². The standard InChI is InChI=1S/C17H18BrNO3S/c1-3-16(12-6-10-15(11-7-12)23(2,21)22)19-17(20)13-4-8-14(18)9-5-13/h4-11,16H,3H2,1-2H3,(H,19,20). The Morgan fingerprint density at radius 3 is 2.13 bits per heavy atom. The van der Waals surface area contributed by atoms with Crippen LogP contribution in [0.5, 0.6) is 0 Å². The predicted octanol–water partition coefficient (Wildman–Crippen LogP) is 3.73. The number of rotatable bonds is 5. The zero-order chi connectivity index (χ0) is 17.0. The first kappa shape index (κ1) is 17.7. The van der Waals surface area contributed by atoms with Gasteiger partial charge in [0, 0.05) is 16.3 Å². The SMILES string of the molecule is CCC(NC(=O)c1ccc(Br)cc1)c1ccc(S(C)(=O)=O)cc1. The van der Waals surface area contributed by atoms with Crippen LogP contribution in [0.4, 0.5) is 0 Å². The van der Waals surface area contributed by atoms with Crippen molar-refractivity contribution in [1.29, 1.82) is 0 Å². The summed E-state index contributed by atoms with van der Waals surface area (Å²) in [5.41, 5.74) is 1.46. The van der Waals surface area contributed by atoms with Gasteiger partial charge < -0.3 is 5.32 Å². The van der Waals surface area contributed by atoms with Gasteiger partial charge in [-0.1, -0.05) is 35.0 Å². The molecule has 0 bridgehead atoms. The van der Waals surface area contributed by atoms with Crippen molar-refractivity contribution in [3.05, 3.63) is 64.1 Å². The number of nitrogens with one attached hydrogen (secondary N) is 1. The molecule has 4 nitrogen and oxygen atoms in total. The van der Waals surface area contributed by atoms with E-state index in [9.17, 15) is 13.2 Å². The molecule has 0 radical (unpaired) electrons. The molecule has 0 fully saturated rings. The highest BCUT2D eigenvalue weighted by Gasteiger charge is 2.15. The molecule has 6 heteroatoms. The van der Waals surface area contributed by atoms with Gasteiger partial charge in [-0.2, -0.15) is 0 Å². The second-order valence-electron chi connectivity index (χ2n) is 5.28. The number of sulfone groups is 1. The van der Waals surface area contributed by atoms with E-state index >= 15 is 0 Å². The van der Waals surface area contributed by atoms with Gasteiger partial charge in [0.1, 0.15) is 0 Å². The highest BCUT2D eigenvalue weighted by molar-refractivity contribution is 9.10. The van der Waals surface area contributed by atoms with Crippen molar-refractivity contribution in [3.8, 4) is 0 Å². The largest absolute Gasteiger partial charge is 0.345 e. The van der Waals surface area contributed by atoms with Crippen LogP contribution >= 0.6 is 15.9 Å². The van der Waals surface area contributed by atoms with Gasteiger partial charge in [-0.15, -0.1) is 0 Å². The van der Waals surface area contributed by atoms with Gasteiger partial charge in [0.25, 0.3) is 5.91 Å². The first-order valence-corrected chi connectivity index (χ1v) is 9.86. The average Bonchev–Trinajstić information content (AvgIpc) is 2.52. The van der Waals surface area contributed by atoms with E-state index in [-0.39, 0.29) is 16.8 Å². The minimum atomic E-state index is -3.21. The molecular weight excluding hydrogens is 378 g/mol. The molecule has 0 aliphatic carbocycles. The lowest BCUT2D eigenvalue weighted by atomic mass is 10.0. The van der Waals surface area contributed by atoms with E-state index in [1.807, 2.05) is 19.1 Å². The molecular formula is C17H18BrNO3S. The van der Waals surface area contributed by atoms with Crippen LogP contribution in [0.15, 0.2) is 57.9 Å². The molecule has 2 aromatic carbocycles. The van der Waals surface area contributed by atoms with Gasteiger partial charge in [-0.25, -0.2) is 8.42 Å². The minimum Gasteiger partial charge on any atom is -0.345 e. The number of hydrogen-bond acceptors (Lipinski definition) is 3. The molecule has 23 heavy (non-hydrogen) atoms. The topological polar surface area (TPSA) is 63.2 Å². The lowest BCUT2D eigenvalue weighted by Gasteiger charge is -2.18. The van der Waals surface area contributed by atoms with Crippen LogP contribution < -0.4 is 5.32 Å². The molecule has 0 aromatic heterocycles. The fraction of sp³-hybridized carbons (Fsp3) is 0.235. The highest BCUT2D eigenvalue weighted by atomic mass is 79.9. The third-order valence-corrected chi connectivity index (χ3v) is 5.19. The molecule has 1 unspecified atom stereocenters. The van der Waals surface area contributed by atoms with Gasteiger partial charge in [-0.05, 0) is 48.4 Å². The second kappa shape index (κ2) is 7.27. The maximum atomic E-state index is 12.3. The number of benzene rings is 2. The highest BCUT2D eigenvalue weighted by Crippen LogP contribution is 2.20. The summed E-state index contributed by atoms with van der Waals surface area (Å²) in [5.74, 6) is -0.156. The number of hydrogen-bond donors (Lipinski definition) is 1. The molecule has 2 aromatic rings. The summed E-state index contributed by atoms with van der Waals surface area (Å²) < 4.78 is 23.9. The van der Waals surface area contributed by atoms with Crippen molar-refractivity contribution in [2.24, 2.45) is 0 Å². The van der Waals surface area contributed by atoms with E-state index < -0.39 is 9.84 Å². The van der Waals surface area contributed by atoms with Crippen LogP contribution in [0.2, 0.25) is 0 Å². The van der Waals surface area contributed by atoms with Crippen molar-refractivity contribution in [3.63, 3.8) is 0 Å².